The lowest BCUT2D eigenvalue weighted by atomic mass is 10.0. The zero-order valence-electron chi connectivity index (χ0n) is 12.7. The van der Waals surface area contributed by atoms with Crippen LogP contribution in [0.1, 0.15) is 35.3 Å². The van der Waals surface area contributed by atoms with E-state index in [2.05, 4.69) is 41.9 Å². The van der Waals surface area contributed by atoms with Crippen molar-refractivity contribution in [2.24, 2.45) is 0 Å². The van der Waals surface area contributed by atoms with Crippen LogP contribution in [0.25, 0.3) is 11.3 Å². The molecule has 0 amide bonds. The summed E-state index contributed by atoms with van der Waals surface area (Å²) in [5.74, 6) is 0. The topological polar surface area (TPSA) is 36.1 Å². The molecule has 0 atom stereocenters. The van der Waals surface area contributed by atoms with E-state index in [4.69, 9.17) is 0 Å². The SMILES string of the molecule is Cc1ccc(-c2[nH]c(=O)sc2CN2CCCCC2)c(C)c1. The van der Waals surface area contributed by atoms with E-state index in [1.165, 1.54) is 46.6 Å². The Bertz CT molecular complexity index is 680. The van der Waals surface area contributed by atoms with E-state index in [0.717, 1.165) is 30.9 Å². The van der Waals surface area contributed by atoms with Crippen LogP contribution in [0.5, 0.6) is 0 Å². The number of nitrogens with zero attached hydrogens (tertiary/aromatic N) is 1. The monoisotopic (exact) mass is 302 g/mol. The van der Waals surface area contributed by atoms with Gasteiger partial charge in [-0.1, -0.05) is 41.5 Å². The summed E-state index contributed by atoms with van der Waals surface area (Å²) in [6.45, 7) is 7.41. The van der Waals surface area contributed by atoms with Crippen molar-refractivity contribution >= 4 is 11.3 Å². The summed E-state index contributed by atoms with van der Waals surface area (Å²) in [5.41, 5.74) is 4.66. The Balaban J connectivity index is 1.93. The molecule has 0 saturated carbocycles. The third-order valence-electron chi connectivity index (χ3n) is 4.19. The molecule has 3 nitrogen and oxygen atoms in total. The van der Waals surface area contributed by atoms with E-state index in [1.807, 2.05) is 0 Å². The second-order valence-electron chi connectivity index (χ2n) is 5.97. The molecule has 1 aliphatic heterocycles. The largest absolute Gasteiger partial charge is 0.312 e. The molecule has 21 heavy (non-hydrogen) atoms. The molecule has 112 valence electrons. The smallest absolute Gasteiger partial charge is 0.305 e. The molecule has 4 heteroatoms. The summed E-state index contributed by atoms with van der Waals surface area (Å²) in [6, 6.07) is 6.42. The minimum absolute atomic E-state index is 0.0528. The van der Waals surface area contributed by atoms with Gasteiger partial charge in [0.2, 0.25) is 0 Å². The van der Waals surface area contributed by atoms with Crippen molar-refractivity contribution in [3.8, 4) is 11.3 Å². The number of aromatic amines is 1. The summed E-state index contributed by atoms with van der Waals surface area (Å²) >= 11 is 1.36. The Hall–Kier alpha value is -1.39. The van der Waals surface area contributed by atoms with Crippen LogP contribution in [-0.4, -0.2) is 23.0 Å². The summed E-state index contributed by atoms with van der Waals surface area (Å²) in [4.78, 5) is 18.6. The van der Waals surface area contributed by atoms with Gasteiger partial charge in [0.1, 0.15) is 0 Å². The molecular weight excluding hydrogens is 280 g/mol. The van der Waals surface area contributed by atoms with Gasteiger partial charge in [-0.25, -0.2) is 0 Å². The number of rotatable bonds is 3. The molecule has 1 aromatic carbocycles. The summed E-state index contributed by atoms with van der Waals surface area (Å²) in [6.07, 6.45) is 3.89. The van der Waals surface area contributed by atoms with E-state index < -0.39 is 0 Å². The Morgan fingerprint density at radius 3 is 2.67 bits per heavy atom. The van der Waals surface area contributed by atoms with E-state index in [0.29, 0.717) is 0 Å². The van der Waals surface area contributed by atoms with Crippen molar-refractivity contribution in [3.05, 3.63) is 43.9 Å². The zero-order valence-corrected chi connectivity index (χ0v) is 13.6. The van der Waals surface area contributed by atoms with Crippen LogP contribution < -0.4 is 4.87 Å². The second-order valence-corrected chi connectivity index (χ2v) is 7.04. The molecule has 0 unspecified atom stereocenters. The molecule has 2 heterocycles. The van der Waals surface area contributed by atoms with Crippen molar-refractivity contribution in [2.45, 2.75) is 39.7 Å². The molecule has 0 aliphatic carbocycles. The molecule has 1 N–H and O–H groups in total. The fourth-order valence-corrected chi connectivity index (χ4v) is 3.99. The highest BCUT2D eigenvalue weighted by Gasteiger charge is 2.17. The van der Waals surface area contributed by atoms with Crippen LogP contribution in [0.15, 0.2) is 23.0 Å². The molecule has 0 spiro atoms. The number of H-pyrrole nitrogens is 1. The highest BCUT2D eigenvalue weighted by Crippen LogP contribution is 2.28. The quantitative estimate of drug-likeness (QED) is 0.938. The first kappa shape index (κ1) is 14.5. The van der Waals surface area contributed by atoms with Crippen LogP contribution in [0.3, 0.4) is 0 Å². The lowest BCUT2D eigenvalue weighted by Gasteiger charge is -2.26. The van der Waals surface area contributed by atoms with E-state index in [1.54, 1.807) is 0 Å². The Morgan fingerprint density at radius 1 is 1.19 bits per heavy atom. The third kappa shape index (κ3) is 3.27. The zero-order chi connectivity index (χ0) is 14.8. The summed E-state index contributed by atoms with van der Waals surface area (Å²) < 4.78 is 0. The van der Waals surface area contributed by atoms with Gasteiger partial charge in [0.25, 0.3) is 0 Å². The van der Waals surface area contributed by atoms with Crippen molar-refractivity contribution in [2.75, 3.05) is 13.1 Å². The van der Waals surface area contributed by atoms with Crippen LogP contribution >= 0.6 is 11.3 Å². The normalized spacial score (nSPS) is 16.3. The first-order valence-corrected chi connectivity index (χ1v) is 8.47. The number of thiazole rings is 1. The molecule has 1 saturated heterocycles. The van der Waals surface area contributed by atoms with Gasteiger partial charge in [-0.15, -0.1) is 0 Å². The molecule has 3 rings (SSSR count). The number of likely N-dealkylation sites (tertiary alicyclic amines) is 1. The Kier molecular flexibility index (Phi) is 4.27. The number of aryl methyl sites for hydroxylation is 2. The second kappa shape index (κ2) is 6.16. The van der Waals surface area contributed by atoms with Crippen LogP contribution in [0, 0.1) is 13.8 Å². The maximum Gasteiger partial charge on any atom is 0.305 e. The average Bonchev–Trinajstić information content (AvgIpc) is 2.80. The Morgan fingerprint density at radius 2 is 1.95 bits per heavy atom. The van der Waals surface area contributed by atoms with Crippen molar-refractivity contribution in [3.63, 3.8) is 0 Å². The van der Waals surface area contributed by atoms with Crippen molar-refractivity contribution < 1.29 is 0 Å². The third-order valence-corrected chi connectivity index (χ3v) is 5.06. The molecule has 0 radical (unpaired) electrons. The fraction of sp³-hybridized carbons (Fsp3) is 0.471. The first-order valence-electron chi connectivity index (χ1n) is 7.65. The van der Waals surface area contributed by atoms with Crippen molar-refractivity contribution in [1.29, 1.82) is 0 Å². The van der Waals surface area contributed by atoms with Crippen LogP contribution in [-0.2, 0) is 6.54 Å². The maximum atomic E-state index is 11.8. The molecule has 1 aliphatic rings. The number of aromatic nitrogens is 1. The molecule has 2 aromatic rings. The van der Waals surface area contributed by atoms with Gasteiger partial charge in [0, 0.05) is 17.0 Å². The number of hydrogen-bond donors (Lipinski definition) is 1. The van der Waals surface area contributed by atoms with E-state index in [9.17, 15) is 4.79 Å². The predicted molar refractivity (Wildman–Crippen MR) is 89.0 cm³/mol. The Labute approximate surface area is 129 Å². The minimum Gasteiger partial charge on any atom is -0.312 e. The number of piperidine rings is 1. The lowest BCUT2D eigenvalue weighted by molar-refractivity contribution is 0.223. The number of nitrogens with one attached hydrogen (secondary N) is 1. The summed E-state index contributed by atoms with van der Waals surface area (Å²) in [7, 11) is 0. The summed E-state index contributed by atoms with van der Waals surface area (Å²) in [5, 5.41) is 0. The highest BCUT2D eigenvalue weighted by molar-refractivity contribution is 7.09. The van der Waals surface area contributed by atoms with Gasteiger partial charge in [-0.2, -0.15) is 0 Å². The highest BCUT2D eigenvalue weighted by atomic mass is 32.1. The van der Waals surface area contributed by atoms with Gasteiger partial charge in [0.15, 0.2) is 0 Å². The number of benzene rings is 1. The van der Waals surface area contributed by atoms with Crippen LogP contribution in [0.2, 0.25) is 0 Å². The van der Waals surface area contributed by atoms with Gasteiger partial charge < -0.3 is 4.98 Å². The van der Waals surface area contributed by atoms with Crippen molar-refractivity contribution in [1.82, 2.24) is 9.88 Å². The van der Waals surface area contributed by atoms with Gasteiger partial charge in [-0.3, -0.25) is 9.69 Å². The number of hydrogen-bond acceptors (Lipinski definition) is 3. The first-order chi connectivity index (χ1) is 10.1. The molecule has 0 bridgehead atoms. The van der Waals surface area contributed by atoms with Gasteiger partial charge in [-0.05, 0) is 45.3 Å². The predicted octanol–water partition coefficient (Wildman–Crippen LogP) is 3.71. The van der Waals surface area contributed by atoms with Gasteiger partial charge in [0.05, 0.1) is 5.69 Å². The minimum atomic E-state index is 0.0528. The molecule has 1 aromatic heterocycles. The maximum absolute atomic E-state index is 11.8. The lowest BCUT2D eigenvalue weighted by Crippen LogP contribution is -2.28. The van der Waals surface area contributed by atoms with E-state index in [-0.39, 0.29) is 4.87 Å². The molecular formula is C17H22N2OS. The molecule has 1 fully saturated rings. The average molecular weight is 302 g/mol. The fourth-order valence-electron chi connectivity index (χ4n) is 3.10. The van der Waals surface area contributed by atoms with E-state index >= 15 is 0 Å². The van der Waals surface area contributed by atoms with Gasteiger partial charge >= 0.3 is 4.87 Å². The van der Waals surface area contributed by atoms with Crippen LogP contribution in [0.4, 0.5) is 0 Å². The standard InChI is InChI=1S/C17H22N2OS/c1-12-6-7-14(13(2)10-12)16-15(21-17(20)18-16)11-19-8-4-3-5-9-19/h6-7,10H,3-5,8-9,11H2,1-2H3,(H,18,20).